The summed E-state index contributed by atoms with van der Waals surface area (Å²) in [6.45, 7) is 4.01. The van der Waals surface area contributed by atoms with E-state index in [1.165, 1.54) is 6.42 Å². The summed E-state index contributed by atoms with van der Waals surface area (Å²) in [5, 5.41) is 3.57. The van der Waals surface area contributed by atoms with Crippen LogP contribution in [0.2, 0.25) is 5.28 Å². The van der Waals surface area contributed by atoms with Gasteiger partial charge in [-0.15, -0.1) is 0 Å². The zero-order valence-electron chi connectivity index (χ0n) is 10.1. The molecule has 1 aromatic heterocycles. The van der Waals surface area contributed by atoms with E-state index in [0.29, 0.717) is 5.28 Å². The van der Waals surface area contributed by atoms with Crippen molar-refractivity contribution in [2.75, 3.05) is 32.5 Å². The molecule has 0 fully saturated rings. The van der Waals surface area contributed by atoms with Gasteiger partial charge in [0.1, 0.15) is 5.82 Å². The van der Waals surface area contributed by atoms with Crippen LogP contribution in [0.15, 0.2) is 6.20 Å². The van der Waals surface area contributed by atoms with Crippen LogP contribution >= 0.6 is 11.6 Å². The number of aryl methyl sites for hydroxylation is 1. The molecule has 1 rings (SSSR count). The first-order valence-corrected chi connectivity index (χ1v) is 5.85. The quantitative estimate of drug-likeness (QED) is 0.613. The molecule has 0 amide bonds. The summed E-state index contributed by atoms with van der Waals surface area (Å²) in [7, 11) is 4.17. The molecule has 0 aliphatic heterocycles. The molecule has 0 spiro atoms. The van der Waals surface area contributed by atoms with Crippen molar-refractivity contribution in [2.45, 2.75) is 19.8 Å². The molecule has 90 valence electrons. The average molecular weight is 243 g/mol. The minimum absolute atomic E-state index is 0.293. The van der Waals surface area contributed by atoms with Gasteiger partial charge in [0.25, 0.3) is 0 Å². The Bertz CT molecular complexity index is 328. The fraction of sp³-hybridized carbons (Fsp3) is 0.636. The van der Waals surface area contributed by atoms with E-state index in [4.69, 9.17) is 11.6 Å². The van der Waals surface area contributed by atoms with Gasteiger partial charge in [-0.1, -0.05) is 0 Å². The third-order valence-electron chi connectivity index (χ3n) is 2.27. The SMILES string of the molecule is Cc1cnc(Cl)nc1NCCCCN(C)C. The summed E-state index contributed by atoms with van der Waals surface area (Å²) >= 11 is 5.73. The molecule has 16 heavy (non-hydrogen) atoms. The highest BCUT2D eigenvalue weighted by atomic mass is 35.5. The van der Waals surface area contributed by atoms with Crippen LogP contribution in [0, 0.1) is 6.92 Å². The molecule has 0 saturated carbocycles. The van der Waals surface area contributed by atoms with Crippen molar-refractivity contribution >= 4 is 17.4 Å². The van der Waals surface area contributed by atoms with Gasteiger partial charge in [-0.25, -0.2) is 9.97 Å². The Kier molecular flexibility index (Phi) is 5.49. The van der Waals surface area contributed by atoms with Gasteiger partial charge >= 0.3 is 0 Å². The summed E-state index contributed by atoms with van der Waals surface area (Å²) in [6, 6.07) is 0. The lowest BCUT2D eigenvalue weighted by atomic mass is 10.3. The number of halogens is 1. The van der Waals surface area contributed by atoms with Gasteiger partial charge in [0.05, 0.1) is 0 Å². The highest BCUT2D eigenvalue weighted by Crippen LogP contribution is 2.12. The highest BCUT2D eigenvalue weighted by molar-refractivity contribution is 6.28. The first-order valence-electron chi connectivity index (χ1n) is 5.47. The molecule has 0 bridgehead atoms. The van der Waals surface area contributed by atoms with Gasteiger partial charge in [0, 0.05) is 18.3 Å². The lowest BCUT2D eigenvalue weighted by Crippen LogP contribution is -2.14. The molecule has 0 unspecified atom stereocenters. The smallest absolute Gasteiger partial charge is 0.224 e. The maximum absolute atomic E-state index is 5.73. The number of nitrogens with one attached hydrogen (secondary N) is 1. The number of hydrogen-bond acceptors (Lipinski definition) is 4. The van der Waals surface area contributed by atoms with Crippen molar-refractivity contribution in [1.29, 1.82) is 0 Å². The van der Waals surface area contributed by atoms with Crippen LogP contribution in [0.4, 0.5) is 5.82 Å². The second-order valence-electron chi connectivity index (χ2n) is 4.11. The lowest BCUT2D eigenvalue weighted by Gasteiger charge is -2.10. The van der Waals surface area contributed by atoms with Gasteiger partial charge in [0.2, 0.25) is 5.28 Å². The van der Waals surface area contributed by atoms with Crippen LogP contribution < -0.4 is 5.32 Å². The Hall–Kier alpha value is -0.870. The Balaban J connectivity index is 2.29. The van der Waals surface area contributed by atoms with Crippen LogP contribution in [-0.2, 0) is 0 Å². The van der Waals surface area contributed by atoms with Crippen LogP contribution in [0.5, 0.6) is 0 Å². The average Bonchev–Trinajstić information content (AvgIpc) is 2.22. The van der Waals surface area contributed by atoms with Crippen molar-refractivity contribution in [3.05, 3.63) is 17.0 Å². The third kappa shape index (κ3) is 4.77. The van der Waals surface area contributed by atoms with Crippen LogP contribution in [0.3, 0.4) is 0 Å². The number of unbranched alkanes of at least 4 members (excludes halogenated alkanes) is 1. The van der Waals surface area contributed by atoms with E-state index in [-0.39, 0.29) is 0 Å². The van der Waals surface area contributed by atoms with Gasteiger partial charge in [-0.3, -0.25) is 0 Å². The largest absolute Gasteiger partial charge is 0.370 e. The number of nitrogens with zero attached hydrogens (tertiary/aromatic N) is 3. The third-order valence-corrected chi connectivity index (χ3v) is 2.45. The van der Waals surface area contributed by atoms with Crippen LogP contribution in [-0.4, -0.2) is 42.1 Å². The van der Waals surface area contributed by atoms with E-state index in [0.717, 1.165) is 30.9 Å². The maximum Gasteiger partial charge on any atom is 0.224 e. The molecule has 0 radical (unpaired) electrons. The fourth-order valence-electron chi connectivity index (χ4n) is 1.36. The summed E-state index contributed by atoms with van der Waals surface area (Å²) < 4.78 is 0. The molecule has 0 saturated heterocycles. The number of anilines is 1. The standard InChI is InChI=1S/C11H19ClN4/c1-9-8-14-11(12)15-10(9)13-6-4-5-7-16(2)3/h8H,4-7H2,1-3H3,(H,13,14,15). The molecule has 1 heterocycles. The molecule has 0 aromatic carbocycles. The predicted molar refractivity (Wildman–Crippen MR) is 68.1 cm³/mol. The molecule has 5 heteroatoms. The van der Waals surface area contributed by atoms with Gasteiger partial charge < -0.3 is 10.2 Å². The first kappa shape index (κ1) is 13.2. The molecule has 0 aliphatic rings. The van der Waals surface area contributed by atoms with E-state index < -0.39 is 0 Å². The van der Waals surface area contributed by atoms with Gasteiger partial charge in [0.15, 0.2) is 0 Å². The predicted octanol–water partition coefficient (Wildman–Crippen LogP) is 2.19. The lowest BCUT2D eigenvalue weighted by molar-refractivity contribution is 0.396. The number of rotatable bonds is 6. The minimum atomic E-state index is 0.293. The fourth-order valence-corrected chi connectivity index (χ4v) is 1.49. The van der Waals surface area contributed by atoms with Crippen LogP contribution in [0.25, 0.3) is 0 Å². The number of aromatic nitrogens is 2. The van der Waals surface area contributed by atoms with E-state index in [1.807, 2.05) is 6.92 Å². The summed E-state index contributed by atoms with van der Waals surface area (Å²) in [6.07, 6.45) is 4.04. The molecular weight excluding hydrogens is 224 g/mol. The Morgan fingerprint density at radius 3 is 2.81 bits per heavy atom. The second kappa shape index (κ2) is 6.66. The normalized spacial score (nSPS) is 10.8. The van der Waals surface area contributed by atoms with E-state index in [9.17, 15) is 0 Å². The van der Waals surface area contributed by atoms with Crippen molar-refractivity contribution < 1.29 is 0 Å². The van der Waals surface area contributed by atoms with Crippen molar-refractivity contribution in [3.8, 4) is 0 Å². The van der Waals surface area contributed by atoms with Crippen molar-refractivity contribution in [1.82, 2.24) is 14.9 Å². The topological polar surface area (TPSA) is 41.1 Å². The molecule has 4 nitrogen and oxygen atoms in total. The number of hydrogen-bond donors (Lipinski definition) is 1. The van der Waals surface area contributed by atoms with Crippen molar-refractivity contribution in [2.24, 2.45) is 0 Å². The van der Waals surface area contributed by atoms with E-state index >= 15 is 0 Å². The van der Waals surface area contributed by atoms with E-state index in [2.05, 4.69) is 34.3 Å². The highest BCUT2D eigenvalue weighted by Gasteiger charge is 2.01. The monoisotopic (exact) mass is 242 g/mol. The molecule has 0 atom stereocenters. The van der Waals surface area contributed by atoms with Gasteiger partial charge in [-0.2, -0.15) is 0 Å². The Morgan fingerprint density at radius 2 is 2.12 bits per heavy atom. The van der Waals surface area contributed by atoms with Crippen LogP contribution in [0.1, 0.15) is 18.4 Å². The zero-order chi connectivity index (χ0) is 12.0. The van der Waals surface area contributed by atoms with E-state index in [1.54, 1.807) is 6.20 Å². The van der Waals surface area contributed by atoms with Gasteiger partial charge in [-0.05, 0) is 52.0 Å². The molecule has 1 aromatic rings. The first-order chi connectivity index (χ1) is 7.59. The minimum Gasteiger partial charge on any atom is -0.370 e. The Labute approximate surface area is 102 Å². The Morgan fingerprint density at radius 1 is 1.38 bits per heavy atom. The van der Waals surface area contributed by atoms with Crippen molar-refractivity contribution in [3.63, 3.8) is 0 Å². The molecule has 0 aliphatic carbocycles. The molecule has 1 N–H and O–H groups in total. The summed E-state index contributed by atoms with van der Waals surface area (Å²) in [5.41, 5.74) is 1.03. The molecular formula is C11H19ClN4. The maximum atomic E-state index is 5.73. The summed E-state index contributed by atoms with van der Waals surface area (Å²) in [5.74, 6) is 0.838. The summed E-state index contributed by atoms with van der Waals surface area (Å²) in [4.78, 5) is 10.2. The second-order valence-corrected chi connectivity index (χ2v) is 4.45. The zero-order valence-corrected chi connectivity index (χ0v) is 10.9.